The SMILES string of the molecule is Clc1ccccc1N1c2ccccc2N(c2ccccc2Cl)c2ccccc2N(c2ccccc2Cl)c2ccccc21. The van der Waals surface area contributed by atoms with E-state index in [-0.39, 0.29) is 0 Å². The summed E-state index contributed by atoms with van der Waals surface area (Å²) < 4.78 is 0. The molecule has 0 aliphatic carbocycles. The Balaban J connectivity index is 1.68. The second-order valence-corrected chi connectivity index (χ2v) is 11.0. The van der Waals surface area contributed by atoms with E-state index < -0.39 is 0 Å². The van der Waals surface area contributed by atoms with Gasteiger partial charge in [0.25, 0.3) is 0 Å². The molecule has 0 amide bonds. The van der Waals surface area contributed by atoms with Crippen molar-refractivity contribution in [3.63, 3.8) is 0 Å². The summed E-state index contributed by atoms with van der Waals surface area (Å²) in [6, 6.07) is 48.7. The molecule has 3 nitrogen and oxygen atoms in total. The molecule has 0 spiro atoms. The van der Waals surface area contributed by atoms with Crippen molar-refractivity contribution >= 4 is 86.0 Å². The molecular formula is C36H24Cl3N3. The molecule has 0 saturated carbocycles. The number of rotatable bonds is 3. The van der Waals surface area contributed by atoms with Gasteiger partial charge < -0.3 is 14.7 Å². The minimum absolute atomic E-state index is 0.632. The third-order valence-corrected chi connectivity index (χ3v) is 8.33. The molecule has 0 unspecified atom stereocenters. The predicted octanol–water partition coefficient (Wildman–Crippen LogP) is 12.4. The van der Waals surface area contributed by atoms with Crippen LogP contribution < -0.4 is 14.7 Å². The molecular weight excluding hydrogens is 581 g/mol. The molecule has 7 rings (SSSR count). The van der Waals surface area contributed by atoms with E-state index >= 15 is 0 Å². The second-order valence-electron chi connectivity index (χ2n) is 9.83. The first-order chi connectivity index (χ1) is 20.6. The molecule has 0 fully saturated rings. The zero-order valence-electron chi connectivity index (χ0n) is 22.3. The number of hydrogen-bond acceptors (Lipinski definition) is 3. The summed E-state index contributed by atoms with van der Waals surface area (Å²) in [5.74, 6) is 0. The van der Waals surface area contributed by atoms with Gasteiger partial charge in [0.05, 0.1) is 66.3 Å². The van der Waals surface area contributed by atoms with Gasteiger partial charge in [-0.1, -0.05) is 108 Å². The third-order valence-electron chi connectivity index (χ3n) is 7.37. The van der Waals surface area contributed by atoms with Crippen LogP contribution in [0.4, 0.5) is 51.2 Å². The van der Waals surface area contributed by atoms with Crippen LogP contribution in [0.15, 0.2) is 146 Å². The van der Waals surface area contributed by atoms with Crippen molar-refractivity contribution in [2.24, 2.45) is 0 Å². The van der Waals surface area contributed by atoms with E-state index in [4.69, 9.17) is 34.8 Å². The normalized spacial score (nSPS) is 12.5. The maximum absolute atomic E-state index is 6.96. The Bertz CT molecular complexity index is 1630. The van der Waals surface area contributed by atoms with E-state index in [9.17, 15) is 0 Å². The number of para-hydroxylation sites is 9. The molecule has 204 valence electrons. The molecule has 0 atom stereocenters. The molecule has 0 radical (unpaired) electrons. The Morgan fingerprint density at radius 2 is 0.405 bits per heavy atom. The molecule has 1 aliphatic rings. The summed E-state index contributed by atoms with van der Waals surface area (Å²) in [4.78, 5) is 6.64. The summed E-state index contributed by atoms with van der Waals surface area (Å²) in [5, 5.41) is 1.90. The second kappa shape index (κ2) is 11.1. The molecule has 42 heavy (non-hydrogen) atoms. The maximum atomic E-state index is 6.96. The summed E-state index contributed by atoms with van der Waals surface area (Å²) in [5.41, 5.74) is 8.18. The van der Waals surface area contributed by atoms with Gasteiger partial charge in [0.1, 0.15) is 0 Å². The van der Waals surface area contributed by atoms with Crippen LogP contribution in [0, 0.1) is 0 Å². The first-order valence-corrected chi connectivity index (χ1v) is 14.7. The first-order valence-electron chi connectivity index (χ1n) is 13.5. The molecule has 6 aromatic carbocycles. The van der Waals surface area contributed by atoms with Crippen molar-refractivity contribution in [3.05, 3.63) is 161 Å². The fourth-order valence-corrected chi connectivity index (χ4v) is 6.25. The third kappa shape index (κ3) is 4.47. The molecule has 0 N–H and O–H groups in total. The van der Waals surface area contributed by atoms with E-state index in [0.29, 0.717) is 15.1 Å². The van der Waals surface area contributed by atoms with Crippen LogP contribution >= 0.6 is 34.8 Å². The van der Waals surface area contributed by atoms with Crippen LogP contribution in [-0.2, 0) is 0 Å². The first kappa shape index (κ1) is 26.5. The van der Waals surface area contributed by atoms with Gasteiger partial charge in [-0.15, -0.1) is 0 Å². The van der Waals surface area contributed by atoms with Gasteiger partial charge in [0.15, 0.2) is 0 Å². The number of nitrogens with zero attached hydrogens (tertiary/aromatic N) is 3. The van der Waals surface area contributed by atoms with Crippen molar-refractivity contribution in [2.75, 3.05) is 14.7 Å². The van der Waals surface area contributed by atoms with Crippen LogP contribution in [0.3, 0.4) is 0 Å². The van der Waals surface area contributed by atoms with E-state index in [0.717, 1.165) is 51.2 Å². The average molecular weight is 605 g/mol. The Hall–Kier alpha value is -4.41. The van der Waals surface area contributed by atoms with Crippen molar-refractivity contribution in [3.8, 4) is 0 Å². The Morgan fingerprint density at radius 3 is 0.595 bits per heavy atom. The van der Waals surface area contributed by atoms with Gasteiger partial charge in [-0.25, -0.2) is 0 Å². The number of anilines is 9. The Labute approximate surface area is 260 Å². The Kier molecular flexibility index (Phi) is 7.01. The van der Waals surface area contributed by atoms with Crippen LogP contribution in [0.1, 0.15) is 0 Å². The number of benzene rings is 6. The highest BCUT2D eigenvalue weighted by atomic mass is 35.5. The smallest absolute Gasteiger partial charge is 0.0703 e. The summed E-state index contributed by atoms with van der Waals surface area (Å²) >= 11 is 20.9. The fraction of sp³-hybridized carbons (Fsp3) is 0. The van der Waals surface area contributed by atoms with Gasteiger partial charge >= 0.3 is 0 Å². The number of fused-ring (bicyclic) bond motifs is 3. The molecule has 6 heteroatoms. The molecule has 6 aromatic rings. The monoisotopic (exact) mass is 603 g/mol. The minimum atomic E-state index is 0.632. The zero-order chi connectivity index (χ0) is 28.6. The van der Waals surface area contributed by atoms with Crippen molar-refractivity contribution in [1.82, 2.24) is 0 Å². The van der Waals surface area contributed by atoms with E-state index in [2.05, 4.69) is 51.1 Å². The lowest BCUT2D eigenvalue weighted by Gasteiger charge is -2.33. The average Bonchev–Trinajstić information content (AvgIpc) is 3.06. The zero-order valence-corrected chi connectivity index (χ0v) is 24.6. The van der Waals surface area contributed by atoms with Gasteiger partial charge in [-0.3, -0.25) is 0 Å². The van der Waals surface area contributed by atoms with Gasteiger partial charge in [-0.2, -0.15) is 0 Å². The van der Waals surface area contributed by atoms with E-state index in [1.54, 1.807) is 0 Å². The highest BCUT2D eigenvalue weighted by molar-refractivity contribution is 6.35. The lowest BCUT2D eigenvalue weighted by Crippen LogP contribution is -2.16. The fourth-order valence-electron chi connectivity index (χ4n) is 5.59. The highest BCUT2D eigenvalue weighted by Crippen LogP contribution is 2.56. The van der Waals surface area contributed by atoms with E-state index in [1.165, 1.54) is 0 Å². The van der Waals surface area contributed by atoms with Gasteiger partial charge in [0, 0.05) is 0 Å². The van der Waals surface area contributed by atoms with Crippen LogP contribution in [0.25, 0.3) is 0 Å². The summed E-state index contributed by atoms with van der Waals surface area (Å²) in [6.07, 6.45) is 0. The lowest BCUT2D eigenvalue weighted by molar-refractivity contribution is 1.24. The Morgan fingerprint density at radius 1 is 0.238 bits per heavy atom. The number of halogens is 3. The van der Waals surface area contributed by atoms with Gasteiger partial charge in [0.2, 0.25) is 0 Å². The molecule has 0 saturated heterocycles. The number of hydrogen-bond donors (Lipinski definition) is 0. The standard InChI is InChI=1S/C36H24Cl3N3/c37-25-13-1-4-16-28(25)40-31-19-7-9-21-33(31)41(29-17-5-2-14-26(29)38)35-23-11-12-24-36(35)42(30-18-6-3-15-27(30)39)34-22-10-8-20-32(34)40/h1-24H. The predicted molar refractivity (Wildman–Crippen MR) is 179 cm³/mol. The van der Waals surface area contributed by atoms with Crippen molar-refractivity contribution < 1.29 is 0 Å². The molecule has 0 bridgehead atoms. The topological polar surface area (TPSA) is 9.72 Å². The summed E-state index contributed by atoms with van der Waals surface area (Å²) in [6.45, 7) is 0. The van der Waals surface area contributed by atoms with Crippen molar-refractivity contribution in [1.29, 1.82) is 0 Å². The van der Waals surface area contributed by atoms with Gasteiger partial charge in [-0.05, 0) is 72.8 Å². The van der Waals surface area contributed by atoms with Crippen molar-refractivity contribution in [2.45, 2.75) is 0 Å². The molecule has 1 heterocycles. The quantitative estimate of drug-likeness (QED) is 0.199. The van der Waals surface area contributed by atoms with E-state index in [1.807, 2.05) is 109 Å². The van der Waals surface area contributed by atoms with Crippen LogP contribution in [0.5, 0.6) is 0 Å². The van der Waals surface area contributed by atoms with Crippen LogP contribution in [-0.4, -0.2) is 0 Å². The lowest BCUT2D eigenvalue weighted by atomic mass is 10.1. The largest absolute Gasteiger partial charge is 0.305 e. The highest BCUT2D eigenvalue weighted by Gasteiger charge is 2.32. The molecule has 1 aliphatic heterocycles. The maximum Gasteiger partial charge on any atom is 0.0703 e. The molecule has 0 aromatic heterocycles. The van der Waals surface area contributed by atoms with Crippen LogP contribution in [0.2, 0.25) is 15.1 Å². The summed E-state index contributed by atoms with van der Waals surface area (Å²) in [7, 11) is 0. The minimum Gasteiger partial charge on any atom is -0.305 e.